The minimum absolute atomic E-state index is 0.546. The number of alkyl halides is 1. The van der Waals surface area contributed by atoms with Crippen LogP contribution in [0.25, 0.3) is 0 Å². The molecule has 0 N–H and O–H groups in total. The largest absolute Gasteiger partial charge is 0.497 e. The van der Waals surface area contributed by atoms with Crippen LogP contribution in [0.4, 0.5) is 0 Å². The van der Waals surface area contributed by atoms with Crippen molar-refractivity contribution < 1.29 is 4.74 Å². The van der Waals surface area contributed by atoms with Crippen molar-refractivity contribution in [2.24, 2.45) is 0 Å². The molecule has 66 valence electrons. The van der Waals surface area contributed by atoms with Crippen LogP contribution >= 0.6 is 11.6 Å². The number of ether oxygens (including phenoxy) is 1. The SMILES string of the molecule is COc1cc(C)c(C)c(CCl)c1. The highest BCUT2D eigenvalue weighted by molar-refractivity contribution is 6.17. The molecule has 0 unspecified atom stereocenters. The first-order valence-corrected chi connectivity index (χ1v) is 4.42. The summed E-state index contributed by atoms with van der Waals surface area (Å²) < 4.78 is 5.13. The molecular formula is C10H13ClO. The maximum atomic E-state index is 5.78. The molecule has 0 aliphatic heterocycles. The Morgan fingerprint density at radius 1 is 1.33 bits per heavy atom. The molecule has 0 spiro atoms. The third-order valence-corrected chi connectivity index (χ3v) is 2.42. The Kier molecular flexibility index (Phi) is 2.99. The number of hydrogen-bond acceptors (Lipinski definition) is 1. The van der Waals surface area contributed by atoms with Gasteiger partial charge in [0.25, 0.3) is 0 Å². The molecule has 0 amide bonds. The first-order chi connectivity index (χ1) is 5.69. The van der Waals surface area contributed by atoms with E-state index in [0.29, 0.717) is 5.88 Å². The summed E-state index contributed by atoms with van der Waals surface area (Å²) in [6.45, 7) is 4.14. The van der Waals surface area contributed by atoms with Crippen molar-refractivity contribution in [3.05, 3.63) is 28.8 Å². The standard InChI is InChI=1S/C10H13ClO/c1-7-4-10(12-3)5-9(6-11)8(7)2/h4-5H,6H2,1-3H3. The topological polar surface area (TPSA) is 9.23 Å². The van der Waals surface area contributed by atoms with Crippen molar-refractivity contribution in [2.75, 3.05) is 7.11 Å². The molecule has 0 saturated heterocycles. The average molecular weight is 185 g/mol. The number of aryl methyl sites for hydroxylation is 1. The van der Waals surface area contributed by atoms with E-state index in [0.717, 1.165) is 11.3 Å². The monoisotopic (exact) mass is 184 g/mol. The minimum Gasteiger partial charge on any atom is -0.497 e. The van der Waals surface area contributed by atoms with Crippen LogP contribution in [0.1, 0.15) is 16.7 Å². The van der Waals surface area contributed by atoms with E-state index in [1.165, 1.54) is 11.1 Å². The number of hydrogen-bond donors (Lipinski definition) is 0. The van der Waals surface area contributed by atoms with E-state index in [9.17, 15) is 0 Å². The summed E-state index contributed by atoms with van der Waals surface area (Å²) in [5, 5.41) is 0. The molecule has 0 aromatic heterocycles. The molecule has 0 bridgehead atoms. The van der Waals surface area contributed by atoms with Crippen LogP contribution < -0.4 is 4.74 Å². The molecule has 0 saturated carbocycles. The number of methoxy groups -OCH3 is 1. The summed E-state index contributed by atoms with van der Waals surface area (Å²) in [6.07, 6.45) is 0. The average Bonchev–Trinajstić information content (AvgIpc) is 2.09. The molecule has 0 heterocycles. The summed E-state index contributed by atoms with van der Waals surface area (Å²) in [6, 6.07) is 4.00. The number of rotatable bonds is 2. The maximum absolute atomic E-state index is 5.78. The van der Waals surface area contributed by atoms with Gasteiger partial charge >= 0.3 is 0 Å². The molecule has 0 fully saturated rings. The number of halogens is 1. The van der Waals surface area contributed by atoms with E-state index in [4.69, 9.17) is 16.3 Å². The predicted molar refractivity (Wildman–Crippen MR) is 52.0 cm³/mol. The van der Waals surface area contributed by atoms with Gasteiger partial charge in [-0.05, 0) is 42.7 Å². The van der Waals surface area contributed by atoms with E-state index in [1.807, 2.05) is 12.1 Å². The summed E-state index contributed by atoms with van der Waals surface area (Å²) in [4.78, 5) is 0. The summed E-state index contributed by atoms with van der Waals surface area (Å²) in [5.74, 6) is 1.43. The van der Waals surface area contributed by atoms with Crippen LogP contribution in [0.15, 0.2) is 12.1 Å². The van der Waals surface area contributed by atoms with E-state index in [-0.39, 0.29) is 0 Å². The molecule has 0 radical (unpaired) electrons. The normalized spacial score (nSPS) is 10.0. The van der Waals surface area contributed by atoms with Crippen molar-refractivity contribution >= 4 is 11.6 Å². The number of benzene rings is 1. The van der Waals surface area contributed by atoms with Crippen LogP contribution in [-0.2, 0) is 5.88 Å². The second-order valence-electron chi connectivity index (χ2n) is 2.86. The zero-order valence-electron chi connectivity index (χ0n) is 7.65. The predicted octanol–water partition coefficient (Wildman–Crippen LogP) is 3.05. The van der Waals surface area contributed by atoms with Crippen LogP contribution in [-0.4, -0.2) is 7.11 Å². The van der Waals surface area contributed by atoms with Crippen LogP contribution in [0.2, 0.25) is 0 Å². The first-order valence-electron chi connectivity index (χ1n) is 3.89. The van der Waals surface area contributed by atoms with Crippen molar-refractivity contribution in [2.45, 2.75) is 19.7 Å². The minimum atomic E-state index is 0.546. The van der Waals surface area contributed by atoms with E-state index in [1.54, 1.807) is 7.11 Å². The van der Waals surface area contributed by atoms with Gasteiger partial charge in [-0.25, -0.2) is 0 Å². The van der Waals surface area contributed by atoms with Gasteiger partial charge < -0.3 is 4.74 Å². The molecule has 1 rings (SSSR count). The van der Waals surface area contributed by atoms with Crippen molar-refractivity contribution in [1.29, 1.82) is 0 Å². The molecule has 2 heteroatoms. The summed E-state index contributed by atoms with van der Waals surface area (Å²) in [7, 11) is 1.67. The Balaban J connectivity index is 3.19. The Morgan fingerprint density at radius 2 is 2.00 bits per heavy atom. The highest BCUT2D eigenvalue weighted by atomic mass is 35.5. The van der Waals surface area contributed by atoms with Crippen molar-refractivity contribution in [1.82, 2.24) is 0 Å². The lowest BCUT2D eigenvalue weighted by Crippen LogP contribution is -1.92. The third kappa shape index (κ3) is 1.72. The highest BCUT2D eigenvalue weighted by Crippen LogP contribution is 2.22. The lowest BCUT2D eigenvalue weighted by Gasteiger charge is -2.08. The molecular weight excluding hydrogens is 172 g/mol. The van der Waals surface area contributed by atoms with Crippen molar-refractivity contribution in [3.8, 4) is 5.75 Å². The lowest BCUT2D eigenvalue weighted by atomic mass is 10.0. The molecule has 0 atom stereocenters. The maximum Gasteiger partial charge on any atom is 0.119 e. The summed E-state index contributed by atoms with van der Waals surface area (Å²) in [5.41, 5.74) is 3.63. The van der Waals surface area contributed by atoms with Gasteiger partial charge in [-0.2, -0.15) is 0 Å². The fraction of sp³-hybridized carbons (Fsp3) is 0.400. The van der Waals surface area contributed by atoms with E-state index >= 15 is 0 Å². The zero-order valence-corrected chi connectivity index (χ0v) is 8.40. The second kappa shape index (κ2) is 3.81. The molecule has 1 aromatic rings. The van der Waals surface area contributed by atoms with Gasteiger partial charge in [0, 0.05) is 5.88 Å². The van der Waals surface area contributed by atoms with Gasteiger partial charge in [-0.3, -0.25) is 0 Å². The fourth-order valence-corrected chi connectivity index (χ4v) is 1.43. The molecule has 12 heavy (non-hydrogen) atoms. The molecule has 1 aromatic carbocycles. The first kappa shape index (κ1) is 9.40. The van der Waals surface area contributed by atoms with Crippen LogP contribution in [0.5, 0.6) is 5.75 Å². The van der Waals surface area contributed by atoms with Gasteiger partial charge in [0.15, 0.2) is 0 Å². The Labute approximate surface area is 78.3 Å². The van der Waals surface area contributed by atoms with Gasteiger partial charge in [0.05, 0.1) is 7.11 Å². The summed E-state index contributed by atoms with van der Waals surface area (Å²) >= 11 is 5.78. The quantitative estimate of drug-likeness (QED) is 0.642. The Hall–Kier alpha value is -0.690. The van der Waals surface area contributed by atoms with E-state index < -0.39 is 0 Å². The smallest absolute Gasteiger partial charge is 0.119 e. The lowest BCUT2D eigenvalue weighted by molar-refractivity contribution is 0.414. The third-order valence-electron chi connectivity index (χ3n) is 2.13. The van der Waals surface area contributed by atoms with Gasteiger partial charge in [0.2, 0.25) is 0 Å². The van der Waals surface area contributed by atoms with Crippen LogP contribution in [0, 0.1) is 13.8 Å². The van der Waals surface area contributed by atoms with Gasteiger partial charge in [-0.15, -0.1) is 11.6 Å². The Morgan fingerprint density at radius 3 is 2.50 bits per heavy atom. The Bertz CT molecular complexity index is 281. The van der Waals surface area contributed by atoms with E-state index in [2.05, 4.69) is 13.8 Å². The molecule has 0 aliphatic carbocycles. The molecule has 1 nitrogen and oxygen atoms in total. The molecule has 0 aliphatic rings. The van der Waals surface area contributed by atoms with Gasteiger partial charge in [-0.1, -0.05) is 0 Å². The van der Waals surface area contributed by atoms with Crippen molar-refractivity contribution in [3.63, 3.8) is 0 Å². The van der Waals surface area contributed by atoms with Crippen LogP contribution in [0.3, 0.4) is 0 Å². The highest BCUT2D eigenvalue weighted by Gasteiger charge is 2.02. The zero-order chi connectivity index (χ0) is 9.14. The second-order valence-corrected chi connectivity index (χ2v) is 3.13. The fourth-order valence-electron chi connectivity index (χ4n) is 1.15. The van der Waals surface area contributed by atoms with Gasteiger partial charge in [0.1, 0.15) is 5.75 Å².